The van der Waals surface area contributed by atoms with E-state index >= 15 is 0 Å². The molecule has 0 saturated heterocycles. The molecule has 1 amide bonds. The maximum atomic E-state index is 12.5. The number of nitrogen functional groups attached to an aromatic ring is 1. The highest BCUT2D eigenvalue weighted by atomic mass is 32.2. The van der Waals surface area contributed by atoms with Crippen molar-refractivity contribution in [3.05, 3.63) is 81.3 Å². The number of aromatic nitrogens is 3. The molecule has 0 fully saturated rings. The molecule has 0 unspecified atom stereocenters. The molecule has 0 aliphatic carbocycles. The molecule has 1 aromatic heterocycles. The lowest BCUT2D eigenvalue weighted by atomic mass is 10.1. The number of benzene rings is 2. The first kappa shape index (κ1) is 22.0. The Morgan fingerprint density at radius 3 is 2.42 bits per heavy atom. The molecule has 0 atom stereocenters. The number of thioether (sulfide) groups is 1. The van der Waals surface area contributed by atoms with Gasteiger partial charge >= 0.3 is 5.97 Å². The summed E-state index contributed by atoms with van der Waals surface area (Å²) in [6.07, 6.45) is 0.316. The molecule has 3 N–H and O–H groups in total. The third-order valence-electron chi connectivity index (χ3n) is 4.34. The van der Waals surface area contributed by atoms with Gasteiger partial charge < -0.3 is 15.9 Å². The predicted octanol–water partition coefficient (Wildman–Crippen LogP) is 1.77. The lowest BCUT2D eigenvalue weighted by molar-refractivity contribution is -0.113. The molecule has 0 bridgehead atoms. The standard InChI is InChI=1S/C21H21N5O4S/c1-13-3-5-14(6-4-13)11-17-19(28)26(22)21(25-24-17)31-12-18(27)23-16-9-7-15(8-10-16)20(29)30-2/h3-10H,11-12,22H2,1-2H3,(H,23,27). The number of nitrogens with zero attached hydrogens (tertiary/aromatic N) is 3. The Hall–Kier alpha value is -3.66. The minimum absolute atomic E-state index is 0.0264. The zero-order chi connectivity index (χ0) is 22.4. The number of nitrogens with two attached hydrogens (primary N) is 1. The number of methoxy groups -OCH3 is 1. The maximum Gasteiger partial charge on any atom is 0.337 e. The monoisotopic (exact) mass is 439 g/mol. The minimum Gasteiger partial charge on any atom is -0.465 e. The predicted molar refractivity (Wildman–Crippen MR) is 118 cm³/mol. The van der Waals surface area contributed by atoms with Gasteiger partial charge in [-0.05, 0) is 36.8 Å². The molecule has 0 spiro atoms. The number of ether oxygens (including phenoxy) is 1. The van der Waals surface area contributed by atoms with Crippen LogP contribution in [-0.2, 0) is 16.0 Å². The van der Waals surface area contributed by atoms with Gasteiger partial charge in [0.05, 0.1) is 18.4 Å². The van der Waals surface area contributed by atoms with Crippen LogP contribution in [0.2, 0.25) is 0 Å². The summed E-state index contributed by atoms with van der Waals surface area (Å²) in [4.78, 5) is 36.1. The minimum atomic E-state index is -0.461. The van der Waals surface area contributed by atoms with E-state index in [1.165, 1.54) is 7.11 Å². The first-order valence-electron chi connectivity index (χ1n) is 9.27. The lowest BCUT2D eigenvalue weighted by Crippen LogP contribution is -2.34. The van der Waals surface area contributed by atoms with Crippen molar-refractivity contribution < 1.29 is 14.3 Å². The second-order valence-electron chi connectivity index (χ2n) is 6.67. The quantitative estimate of drug-likeness (QED) is 0.324. The fourth-order valence-electron chi connectivity index (χ4n) is 2.66. The topological polar surface area (TPSA) is 129 Å². The normalized spacial score (nSPS) is 10.5. The smallest absolute Gasteiger partial charge is 0.337 e. The van der Waals surface area contributed by atoms with Crippen LogP contribution in [0.15, 0.2) is 58.5 Å². The van der Waals surface area contributed by atoms with E-state index in [0.717, 1.165) is 27.6 Å². The first-order valence-corrected chi connectivity index (χ1v) is 10.3. The second kappa shape index (κ2) is 9.90. The van der Waals surface area contributed by atoms with Gasteiger partial charge in [0.15, 0.2) is 0 Å². The number of anilines is 1. The van der Waals surface area contributed by atoms with Crippen molar-refractivity contribution in [1.82, 2.24) is 14.9 Å². The first-order chi connectivity index (χ1) is 14.9. The molecule has 160 valence electrons. The molecule has 0 aliphatic rings. The van der Waals surface area contributed by atoms with Crippen molar-refractivity contribution in [1.29, 1.82) is 0 Å². The SMILES string of the molecule is COC(=O)c1ccc(NC(=O)CSc2nnc(Cc3ccc(C)cc3)c(=O)n2N)cc1. The van der Waals surface area contributed by atoms with Crippen LogP contribution < -0.4 is 16.7 Å². The fourth-order valence-corrected chi connectivity index (χ4v) is 3.32. The number of carbonyl (C=O) groups is 2. The molecule has 3 rings (SSSR count). The molecule has 0 aliphatic heterocycles. The van der Waals surface area contributed by atoms with E-state index in [2.05, 4.69) is 20.3 Å². The summed E-state index contributed by atoms with van der Waals surface area (Å²) < 4.78 is 5.53. The van der Waals surface area contributed by atoms with Crippen molar-refractivity contribution >= 4 is 29.3 Å². The van der Waals surface area contributed by atoms with Crippen molar-refractivity contribution in [2.45, 2.75) is 18.5 Å². The maximum absolute atomic E-state index is 12.5. The summed E-state index contributed by atoms with van der Waals surface area (Å²) >= 11 is 0.995. The number of hydrogen-bond donors (Lipinski definition) is 2. The molecule has 0 saturated carbocycles. The Balaban J connectivity index is 1.60. The number of rotatable bonds is 7. The summed E-state index contributed by atoms with van der Waals surface area (Å²) in [6.45, 7) is 1.98. The van der Waals surface area contributed by atoms with E-state index in [9.17, 15) is 14.4 Å². The average Bonchev–Trinajstić information content (AvgIpc) is 2.78. The third kappa shape index (κ3) is 5.70. The van der Waals surface area contributed by atoms with Crippen LogP contribution in [0.4, 0.5) is 5.69 Å². The van der Waals surface area contributed by atoms with E-state index in [0.29, 0.717) is 17.7 Å². The molecular formula is C21H21N5O4S. The zero-order valence-electron chi connectivity index (χ0n) is 17.0. The van der Waals surface area contributed by atoms with E-state index in [4.69, 9.17) is 5.84 Å². The summed E-state index contributed by atoms with van der Waals surface area (Å²) in [6, 6.07) is 14.0. The molecule has 9 nitrogen and oxygen atoms in total. The Bertz CT molecular complexity index is 1140. The van der Waals surface area contributed by atoms with Crippen LogP contribution in [0, 0.1) is 6.92 Å². The highest BCUT2D eigenvalue weighted by Gasteiger charge is 2.13. The largest absolute Gasteiger partial charge is 0.465 e. The van der Waals surface area contributed by atoms with E-state index in [1.54, 1.807) is 24.3 Å². The van der Waals surface area contributed by atoms with Crippen molar-refractivity contribution in [3.8, 4) is 0 Å². The van der Waals surface area contributed by atoms with Gasteiger partial charge in [-0.3, -0.25) is 9.59 Å². The summed E-state index contributed by atoms with van der Waals surface area (Å²) in [5, 5.41) is 10.8. The average molecular weight is 439 g/mol. The summed E-state index contributed by atoms with van der Waals surface area (Å²) in [5.74, 6) is 5.05. The molecule has 0 radical (unpaired) electrons. The molecular weight excluding hydrogens is 418 g/mol. The van der Waals surface area contributed by atoms with Gasteiger partial charge in [-0.2, -0.15) is 4.68 Å². The molecule has 31 heavy (non-hydrogen) atoms. The van der Waals surface area contributed by atoms with Crippen LogP contribution in [0.5, 0.6) is 0 Å². The van der Waals surface area contributed by atoms with Crippen LogP contribution in [0.25, 0.3) is 0 Å². The number of hydrogen-bond acceptors (Lipinski definition) is 8. The van der Waals surface area contributed by atoms with Gasteiger partial charge in [-0.25, -0.2) is 4.79 Å². The van der Waals surface area contributed by atoms with Gasteiger partial charge in [-0.1, -0.05) is 41.6 Å². The Morgan fingerprint density at radius 2 is 1.77 bits per heavy atom. The number of nitrogens with one attached hydrogen (secondary N) is 1. The number of carbonyl (C=O) groups excluding carboxylic acids is 2. The van der Waals surface area contributed by atoms with Crippen molar-refractivity contribution in [3.63, 3.8) is 0 Å². The van der Waals surface area contributed by atoms with Gasteiger partial charge in [-0.15, -0.1) is 10.2 Å². The second-order valence-corrected chi connectivity index (χ2v) is 7.62. The molecule has 2 aromatic carbocycles. The lowest BCUT2D eigenvalue weighted by Gasteiger charge is -2.08. The zero-order valence-corrected chi connectivity index (χ0v) is 17.8. The molecule has 1 heterocycles. The van der Waals surface area contributed by atoms with Crippen LogP contribution >= 0.6 is 11.8 Å². The summed E-state index contributed by atoms with van der Waals surface area (Å²) in [7, 11) is 1.30. The van der Waals surface area contributed by atoms with E-state index in [1.807, 2.05) is 31.2 Å². The summed E-state index contributed by atoms with van der Waals surface area (Å²) in [5.41, 5.74) is 2.71. The van der Waals surface area contributed by atoms with Gasteiger partial charge in [0.1, 0.15) is 5.69 Å². The molecule has 3 aromatic rings. The van der Waals surface area contributed by atoms with Crippen LogP contribution in [-0.4, -0.2) is 39.6 Å². The van der Waals surface area contributed by atoms with Crippen LogP contribution in [0.1, 0.15) is 27.2 Å². The molecule has 10 heteroatoms. The van der Waals surface area contributed by atoms with Crippen molar-refractivity contribution in [2.75, 3.05) is 24.0 Å². The van der Waals surface area contributed by atoms with Crippen molar-refractivity contribution in [2.24, 2.45) is 0 Å². The van der Waals surface area contributed by atoms with Gasteiger partial charge in [0.2, 0.25) is 11.1 Å². The van der Waals surface area contributed by atoms with Gasteiger partial charge in [0, 0.05) is 12.1 Å². The Kier molecular flexibility index (Phi) is 7.03. The van der Waals surface area contributed by atoms with E-state index < -0.39 is 11.5 Å². The Labute approximate surface area is 182 Å². The number of amides is 1. The highest BCUT2D eigenvalue weighted by Crippen LogP contribution is 2.15. The number of esters is 1. The van der Waals surface area contributed by atoms with E-state index in [-0.39, 0.29) is 22.5 Å². The Morgan fingerprint density at radius 1 is 1.10 bits per heavy atom. The third-order valence-corrected chi connectivity index (χ3v) is 5.29. The number of aryl methyl sites for hydroxylation is 1. The van der Waals surface area contributed by atoms with Gasteiger partial charge in [0.25, 0.3) is 5.56 Å². The fraction of sp³-hybridized carbons (Fsp3) is 0.190. The highest BCUT2D eigenvalue weighted by molar-refractivity contribution is 7.99. The van der Waals surface area contributed by atoms with Crippen LogP contribution in [0.3, 0.4) is 0 Å².